The van der Waals surface area contributed by atoms with Crippen molar-refractivity contribution in [3.05, 3.63) is 59.3 Å². The fourth-order valence-corrected chi connectivity index (χ4v) is 2.27. The molecule has 3 aromatic rings. The molecule has 0 spiro atoms. The van der Waals surface area contributed by atoms with Gasteiger partial charge in [0.1, 0.15) is 17.2 Å². The van der Waals surface area contributed by atoms with Gasteiger partial charge in [0.15, 0.2) is 0 Å². The van der Waals surface area contributed by atoms with E-state index in [1.165, 1.54) is 24.3 Å². The van der Waals surface area contributed by atoms with E-state index in [1.54, 1.807) is 19.2 Å². The van der Waals surface area contributed by atoms with Gasteiger partial charge < -0.3 is 19.7 Å². The van der Waals surface area contributed by atoms with Gasteiger partial charge in [-0.3, -0.25) is 4.79 Å². The highest BCUT2D eigenvalue weighted by molar-refractivity contribution is 6.31. The monoisotopic (exact) mass is 344 g/mol. The molecule has 0 fully saturated rings. The van der Waals surface area contributed by atoms with E-state index in [9.17, 15) is 9.90 Å². The Balaban J connectivity index is 1.82. The number of phenols is 1. The molecule has 6 nitrogen and oxygen atoms in total. The maximum Gasteiger partial charge on any atom is 0.294 e. The van der Waals surface area contributed by atoms with Crippen molar-refractivity contribution in [2.45, 2.75) is 0 Å². The topological polar surface area (TPSA) is 84.6 Å². The van der Waals surface area contributed by atoms with Gasteiger partial charge in [0.25, 0.3) is 5.91 Å². The zero-order valence-corrected chi connectivity index (χ0v) is 13.4. The van der Waals surface area contributed by atoms with E-state index in [0.717, 1.165) is 5.56 Å². The first kappa shape index (κ1) is 15.9. The summed E-state index contributed by atoms with van der Waals surface area (Å²) in [5.74, 6) is 0.0343. The number of halogens is 1. The Bertz CT molecular complexity index is 892. The Hall–Kier alpha value is -2.99. The number of anilines is 1. The van der Waals surface area contributed by atoms with Crippen LogP contribution in [0.4, 0.5) is 5.69 Å². The van der Waals surface area contributed by atoms with Gasteiger partial charge in [0.05, 0.1) is 12.8 Å². The quantitative estimate of drug-likeness (QED) is 0.700. The second-order valence-corrected chi connectivity index (χ2v) is 5.36. The summed E-state index contributed by atoms with van der Waals surface area (Å²) in [5.41, 5.74) is 1.43. The summed E-state index contributed by atoms with van der Waals surface area (Å²) in [4.78, 5) is 12.2. The summed E-state index contributed by atoms with van der Waals surface area (Å²) in [6, 6.07) is 13.1. The molecule has 1 aromatic heterocycles. The number of nitrogens with zero attached hydrogens (tertiary/aromatic N) is 1. The summed E-state index contributed by atoms with van der Waals surface area (Å²) in [5, 5.41) is 16.5. The van der Waals surface area contributed by atoms with Gasteiger partial charge >= 0.3 is 0 Å². The summed E-state index contributed by atoms with van der Waals surface area (Å²) >= 11 is 5.85. The van der Waals surface area contributed by atoms with Crippen LogP contribution >= 0.6 is 11.6 Å². The molecule has 0 aliphatic heterocycles. The molecular weight excluding hydrogens is 332 g/mol. The smallest absolute Gasteiger partial charge is 0.294 e. The number of ether oxygens (including phenoxy) is 1. The summed E-state index contributed by atoms with van der Waals surface area (Å²) in [7, 11) is 1.57. The van der Waals surface area contributed by atoms with Crippen molar-refractivity contribution in [2.75, 3.05) is 12.4 Å². The second-order valence-electron chi connectivity index (χ2n) is 4.92. The summed E-state index contributed by atoms with van der Waals surface area (Å²) < 4.78 is 10.2. The van der Waals surface area contributed by atoms with Crippen LogP contribution in [0.15, 0.2) is 53.1 Å². The first-order valence-corrected chi connectivity index (χ1v) is 7.35. The Morgan fingerprint density at radius 3 is 2.88 bits per heavy atom. The maximum atomic E-state index is 12.2. The molecule has 1 heterocycles. The number of amides is 1. The zero-order chi connectivity index (χ0) is 17.1. The second kappa shape index (κ2) is 6.64. The number of benzene rings is 2. The van der Waals surface area contributed by atoms with Crippen LogP contribution in [-0.2, 0) is 0 Å². The molecular formula is C17H13ClN2O4. The minimum absolute atomic E-state index is 0.00666. The molecule has 0 aliphatic rings. The third-order valence-electron chi connectivity index (χ3n) is 3.31. The molecule has 3 rings (SSSR count). The van der Waals surface area contributed by atoms with Crippen molar-refractivity contribution in [3.8, 4) is 22.8 Å². The lowest BCUT2D eigenvalue weighted by Gasteiger charge is -2.05. The predicted molar refractivity (Wildman–Crippen MR) is 89.6 cm³/mol. The van der Waals surface area contributed by atoms with Crippen LogP contribution in [0.2, 0.25) is 5.02 Å². The minimum atomic E-state index is -0.547. The number of carbonyl (C=O) groups excluding carboxylic acids is 1. The first-order valence-electron chi connectivity index (χ1n) is 6.98. The molecule has 122 valence electrons. The molecule has 0 bridgehead atoms. The van der Waals surface area contributed by atoms with Gasteiger partial charge in [0.2, 0.25) is 5.76 Å². The normalized spacial score (nSPS) is 10.4. The van der Waals surface area contributed by atoms with Crippen LogP contribution in [0.5, 0.6) is 11.5 Å². The lowest BCUT2D eigenvalue weighted by atomic mass is 10.1. The average molecular weight is 345 g/mol. The minimum Gasteiger partial charge on any atom is -0.506 e. The van der Waals surface area contributed by atoms with Gasteiger partial charge in [-0.2, -0.15) is 0 Å². The molecule has 0 atom stereocenters. The number of rotatable bonds is 4. The van der Waals surface area contributed by atoms with Crippen LogP contribution in [-0.4, -0.2) is 23.3 Å². The van der Waals surface area contributed by atoms with Crippen molar-refractivity contribution in [1.82, 2.24) is 5.16 Å². The molecule has 7 heteroatoms. The number of aromatic nitrogens is 1. The maximum absolute atomic E-state index is 12.2. The molecule has 0 unspecified atom stereocenters. The fraction of sp³-hybridized carbons (Fsp3) is 0.0588. The number of aromatic hydroxyl groups is 1. The zero-order valence-electron chi connectivity index (χ0n) is 12.6. The van der Waals surface area contributed by atoms with Crippen LogP contribution in [0.3, 0.4) is 0 Å². The molecule has 2 N–H and O–H groups in total. The first-order chi connectivity index (χ1) is 11.6. The highest BCUT2D eigenvalue weighted by atomic mass is 35.5. The standard InChI is InChI=1S/C17H13ClN2O4/c1-23-12-4-2-3-10(7-12)13-9-16(24-20-13)17(22)19-14-8-11(18)5-6-15(14)21/h2-9,21H,1H3,(H,19,22). The number of hydrogen-bond acceptors (Lipinski definition) is 5. The van der Waals surface area contributed by atoms with Crippen LogP contribution in [0.25, 0.3) is 11.3 Å². The Morgan fingerprint density at radius 1 is 1.25 bits per heavy atom. The largest absolute Gasteiger partial charge is 0.506 e. The molecule has 24 heavy (non-hydrogen) atoms. The SMILES string of the molecule is COc1cccc(-c2cc(C(=O)Nc3cc(Cl)ccc3O)on2)c1. The van der Waals surface area contributed by atoms with E-state index in [2.05, 4.69) is 10.5 Å². The number of nitrogens with one attached hydrogen (secondary N) is 1. The molecule has 0 aliphatic carbocycles. The molecule has 0 radical (unpaired) electrons. The van der Waals surface area contributed by atoms with Crippen molar-refractivity contribution in [2.24, 2.45) is 0 Å². The molecule has 0 saturated carbocycles. The molecule has 1 amide bonds. The number of phenolic OH excluding ortho intramolecular Hbond substituents is 1. The lowest BCUT2D eigenvalue weighted by molar-refractivity contribution is 0.0987. The number of hydrogen-bond donors (Lipinski definition) is 2. The van der Waals surface area contributed by atoms with Crippen molar-refractivity contribution in [3.63, 3.8) is 0 Å². The van der Waals surface area contributed by atoms with Crippen LogP contribution in [0.1, 0.15) is 10.6 Å². The fourth-order valence-electron chi connectivity index (χ4n) is 2.09. The van der Waals surface area contributed by atoms with Crippen molar-refractivity contribution >= 4 is 23.2 Å². The Labute approximate surface area is 142 Å². The van der Waals surface area contributed by atoms with Gasteiger partial charge in [-0.1, -0.05) is 28.9 Å². The highest BCUT2D eigenvalue weighted by Gasteiger charge is 2.16. The van der Waals surface area contributed by atoms with Crippen molar-refractivity contribution in [1.29, 1.82) is 0 Å². The Morgan fingerprint density at radius 2 is 2.08 bits per heavy atom. The van der Waals surface area contributed by atoms with E-state index in [0.29, 0.717) is 16.5 Å². The van der Waals surface area contributed by atoms with Gasteiger partial charge in [-0.15, -0.1) is 0 Å². The summed E-state index contributed by atoms with van der Waals surface area (Å²) in [6.07, 6.45) is 0. The molecule has 0 saturated heterocycles. The van der Waals surface area contributed by atoms with E-state index in [4.69, 9.17) is 20.9 Å². The Kier molecular flexibility index (Phi) is 4.39. The van der Waals surface area contributed by atoms with Crippen LogP contribution in [0, 0.1) is 0 Å². The van der Waals surface area contributed by atoms with E-state index in [1.807, 2.05) is 12.1 Å². The molecule has 2 aromatic carbocycles. The van der Waals surface area contributed by atoms with E-state index < -0.39 is 5.91 Å². The summed E-state index contributed by atoms with van der Waals surface area (Å²) in [6.45, 7) is 0. The predicted octanol–water partition coefficient (Wildman–Crippen LogP) is 3.96. The van der Waals surface area contributed by atoms with E-state index >= 15 is 0 Å². The lowest BCUT2D eigenvalue weighted by Crippen LogP contribution is -2.10. The third-order valence-corrected chi connectivity index (χ3v) is 3.54. The number of carbonyl (C=O) groups is 1. The van der Waals surface area contributed by atoms with Gasteiger partial charge in [-0.05, 0) is 30.3 Å². The van der Waals surface area contributed by atoms with Crippen LogP contribution < -0.4 is 10.1 Å². The van der Waals surface area contributed by atoms with E-state index in [-0.39, 0.29) is 17.2 Å². The van der Waals surface area contributed by atoms with Gasteiger partial charge in [0, 0.05) is 16.7 Å². The van der Waals surface area contributed by atoms with Gasteiger partial charge in [-0.25, -0.2) is 0 Å². The third kappa shape index (κ3) is 3.33. The van der Waals surface area contributed by atoms with Crippen molar-refractivity contribution < 1.29 is 19.2 Å². The highest BCUT2D eigenvalue weighted by Crippen LogP contribution is 2.28. The average Bonchev–Trinajstić information content (AvgIpc) is 3.08. The number of methoxy groups -OCH3 is 1.